The predicted octanol–water partition coefficient (Wildman–Crippen LogP) is 6.48. The minimum Gasteiger partial charge on any atom is -0.496 e. The van der Waals surface area contributed by atoms with Gasteiger partial charge < -0.3 is 4.74 Å². The zero-order valence-corrected chi connectivity index (χ0v) is 18.4. The summed E-state index contributed by atoms with van der Waals surface area (Å²) in [5, 5.41) is 6.81. The molecule has 1 aromatic heterocycles. The summed E-state index contributed by atoms with van der Waals surface area (Å²) >= 11 is 9.17. The van der Waals surface area contributed by atoms with Crippen molar-refractivity contribution in [1.29, 1.82) is 0 Å². The van der Waals surface area contributed by atoms with E-state index in [0.717, 1.165) is 29.8 Å². The van der Waals surface area contributed by atoms with Crippen LogP contribution in [0.1, 0.15) is 15.2 Å². The van der Waals surface area contributed by atoms with Crippen LogP contribution in [0.3, 0.4) is 0 Å². The maximum absolute atomic E-state index is 12.6. The van der Waals surface area contributed by atoms with Crippen molar-refractivity contribution in [2.45, 2.75) is 9.10 Å². The zero-order chi connectivity index (χ0) is 20.9. The van der Waals surface area contributed by atoms with E-state index in [2.05, 4.69) is 10.5 Å². The van der Waals surface area contributed by atoms with Gasteiger partial charge in [0.1, 0.15) is 5.75 Å². The molecule has 4 aromatic rings. The molecular formula is C23H17ClN2O2S2. The summed E-state index contributed by atoms with van der Waals surface area (Å²) in [5.41, 5.74) is 3.03. The first kappa shape index (κ1) is 20.5. The van der Waals surface area contributed by atoms with Crippen LogP contribution in [0.4, 0.5) is 0 Å². The molecular weight excluding hydrogens is 436 g/mol. The molecule has 0 aliphatic carbocycles. The Morgan fingerprint density at radius 3 is 2.53 bits per heavy atom. The molecule has 4 nitrogen and oxygen atoms in total. The first-order chi connectivity index (χ1) is 14.6. The normalized spacial score (nSPS) is 11.1. The van der Waals surface area contributed by atoms with Gasteiger partial charge in [0.05, 0.1) is 23.1 Å². The van der Waals surface area contributed by atoms with Gasteiger partial charge in [-0.05, 0) is 59.3 Å². The Bertz CT molecular complexity index is 1220. The van der Waals surface area contributed by atoms with Crippen LogP contribution in [0.25, 0.3) is 10.8 Å². The number of halogens is 1. The number of benzene rings is 3. The summed E-state index contributed by atoms with van der Waals surface area (Å²) in [7, 11) is 1.55. The second kappa shape index (κ2) is 9.34. The average molecular weight is 453 g/mol. The summed E-state index contributed by atoms with van der Waals surface area (Å²) < 4.78 is 6.51. The lowest BCUT2D eigenvalue weighted by molar-refractivity contribution is 0.0952. The third-order valence-electron chi connectivity index (χ3n) is 4.30. The molecule has 4 rings (SSSR count). The molecule has 0 spiro atoms. The smallest absolute Gasteiger partial charge is 0.275 e. The van der Waals surface area contributed by atoms with Crippen LogP contribution in [0.15, 0.2) is 87.0 Å². The molecule has 1 N–H and O–H groups in total. The Labute approximate surface area is 187 Å². The van der Waals surface area contributed by atoms with E-state index in [9.17, 15) is 4.79 Å². The lowest BCUT2D eigenvalue weighted by Gasteiger charge is -2.09. The van der Waals surface area contributed by atoms with Crippen molar-refractivity contribution in [2.24, 2.45) is 5.10 Å². The van der Waals surface area contributed by atoms with Crippen LogP contribution in [0.5, 0.6) is 5.75 Å². The number of ether oxygens (including phenoxy) is 1. The summed E-state index contributed by atoms with van der Waals surface area (Å²) in [5.74, 6) is 0.195. The van der Waals surface area contributed by atoms with E-state index >= 15 is 0 Å². The van der Waals surface area contributed by atoms with Gasteiger partial charge in [0.25, 0.3) is 5.91 Å². The molecule has 1 amide bonds. The van der Waals surface area contributed by atoms with Crippen molar-refractivity contribution in [1.82, 2.24) is 5.43 Å². The van der Waals surface area contributed by atoms with Crippen LogP contribution in [0.2, 0.25) is 5.02 Å². The number of thiophene rings is 1. The average Bonchev–Trinajstić information content (AvgIpc) is 3.21. The van der Waals surface area contributed by atoms with Gasteiger partial charge in [-0.1, -0.05) is 47.6 Å². The van der Waals surface area contributed by atoms with Crippen molar-refractivity contribution < 1.29 is 9.53 Å². The van der Waals surface area contributed by atoms with Crippen molar-refractivity contribution >= 4 is 57.6 Å². The molecule has 1 heterocycles. The second-order valence-electron chi connectivity index (χ2n) is 6.31. The number of nitrogens with one attached hydrogen (secondary N) is 1. The quantitative estimate of drug-likeness (QED) is 0.269. The van der Waals surface area contributed by atoms with E-state index in [0.29, 0.717) is 11.3 Å². The van der Waals surface area contributed by atoms with Crippen molar-refractivity contribution in [3.63, 3.8) is 0 Å². The Balaban J connectivity index is 1.43. The Hall–Kier alpha value is -2.80. The van der Waals surface area contributed by atoms with Gasteiger partial charge in [-0.3, -0.25) is 4.79 Å². The third-order valence-corrected chi connectivity index (χ3v) is 6.72. The molecule has 0 bridgehead atoms. The SMILES string of the molecule is COc1cc2ccccc2cc1C(=O)N/N=C\c1ccc(Sc2ccc(Cl)cc2)s1. The maximum atomic E-state index is 12.6. The van der Waals surface area contributed by atoms with E-state index in [4.69, 9.17) is 16.3 Å². The Morgan fingerprint density at radius 2 is 1.80 bits per heavy atom. The van der Waals surface area contributed by atoms with Crippen molar-refractivity contribution in [2.75, 3.05) is 7.11 Å². The number of carbonyl (C=O) groups is 1. The molecule has 150 valence electrons. The molecule has 0 radical (unpaired) electrons. The molecule has 0 fully saturated rings. The van der Waals surface area contributed by atoms with Gasteiger partial charge >= 0.3 is 0 Å². The molecule has 7 heteroatoms. The molecule has 0 saturated carbocycles. The van der Waals surface area contributed by atoms with E-state index in [-0.39, 0.29) is 5.91 Å². The zero-order valence-electron chi connectivity index (χ0n) is 16.0. The van der Waals surface area contributed by atoms with Crippen LogP contribution < -0.4 is 10.2 Å². The lowest BCUT2D eigenvalue weighted by atomic mass is 10.1. The van der Waals surface area contributed by atoms with Gasteiger partial charge in [0.15, 0.2) is 0 Å². The van der Waals surface area contributed by atoms with Gasteiger partial charge in [-0.2, -0.15) is 5.10 Å². The minimum absolute atomic E-state index is 0.318. The number of hydrogen-bond donors (Lipinski definition) is 1. The molecule has 0 aliphatic heterocycles. The molecule has 0 saturated heterocycles. The number of fused-ring (bicyclic) bond motifs is 1. The predicted molar refractivity (Wildman–Crippen MR) is 125 cm³/mol. The first-order valence-corrected chi connectivity index (χ1v) is 11.1. The first-order valence-electron chi connectivity index (χ1n) is 9.06. The van der Waals surface area contributed by atoms with Gasteiger partial charge in [0.2, 0.25) is 0 Å². The monoisotopic (exact) mass is 452 g/mol. The fourth-order valence-corrected chi connectivity index (χ4v) is 4.98. The maximum Gasteiger partial charge on any atom is 0.275 e. The molecule has 0 atom stereocenters. The van der Waals surface area contributed by atoms with Crippen LogP contribution in [-0.4, -0.2) is 19.2 Å². The van der Waals surface area contributed by atoms with Crippen LogP contribution >= 0.6 is 34.7 Å². The topological polar surface area (TPSA) is 50.7 Å². The number of rotatable bonds is 6. The van der Waals surface area contributed by atoms with E-state index in [1.54, 1.807) is 36.4 Å². The highest BCUT2D eigenvalue weighted by atomic mass is 35.5. The fraction of sp³-hybridized carbons (Fsp3) is 0.0435. The number of hydrazone groups is 1. The fourth-order valence-electron chi connectivity index (χ4n) is 2.86. The highest BCUT2D eigenvalue weighted by molar-refractivity contribution is 8.01. The Kier molecular flexibility index (Phi) is 6.38. The number of methoxy groups -OCH3 is 1. The molecule has 0 unspecified atom stereocenters. The third kappa shape index (κ3) is 4.84. The van der Waals surface area contributed by atoms with Gasteiger partial charge in [-0.15, -0.1) is 11.3 Å². The van der Waals surface area contributed by atoms with Crippen LogP contribution in [-0.2, 0) is 0 Å². The number of hydrogen-bond acceptors (Lipinski definition) is 5. The highest BCUT2D eigenvalue weighted by Crippen LogP contribution is 2.33. The van der Waals surface area contributed by atoms with Gasteiger partial charge in [-0.25, -0.2) is 5.43 Å². The standard InChI is InChI=1S/C23H17ClN2O2S2/c1-28-21-13-16-5-3-2-4-15(16)12-20(21)23(27)26-25-14-19-10-11-22(30-19)29-18-8-6-17(24)7-9-18/h2-14H,1H3,(H,26,27)/b25-14-. The number of carbonyl (C=O) groups excluding carboxylic acids is 1. The largest absolute Gasteiger partial charge is 0.496 e. The minimum atomic E-state index is -0.318. The van der Waals surface area contributed by atoms with E-state index in [1.165, 1.54) is 0 Å². The summed E-state index contributed by atoms with van der Waals surface area (Å²) in [6.45, 7) is 0. The van der Waals surface area contributed by atoms with E-state index in [1.807, 2.05) is 72.8 Å². The summed E-state index contributed by atoms with van der Waals surface area (Å²) in [6, 6.07) is 23.2. The number of nitrogens with zero attached hydrogens (tertiary/aromatic N) is 1. The highest BCUT2D eigenvalue weighted by Gasteiger charge is 2.13. The molecule has 0 aliphatic rings. The lowest BCUT2D eigenvalue weighted by Crippen LogP contribution is -2.18. The van der Waals surface area contributed by atoms with Crippen LogP contribution in [0, 0.1) is 0 Å². The molecule has 30 heavy (non-hydrogen) atoms. The van der Waals surface area contributed by atoms with Crippen molar-refractivity contribution in [3.05, 3.63) is 88.3 Å². The molecule has 3 aromatic carbocycles. The van der Waals surface area contributed by atoms with Crippen molar-refractivity contribution in [3.8, 4) is 5.75 Å². The Morgan fingerprint density at radius 1 is 1.07 bits per heavy atom. The summed E-state index contributed by atoms with van der Waals surface area (Å²) in [6.07, 6.45) is 1.64. The number of amides is 1. The van der Waals surface area contributed by atoms with Gasteiger partial charge in [0, 0.05) is 14.8 Å². The second-order valence-corrected chi connectivity index (χ2v) is 9.24. The summed E-state index contributed by atoms with van der Waals surface area (Å²) in [4.78, 5) is 14.7. The van der Waals surface area contributed by atoms with E-state index < -0.39 is 0 Å².